The van der Waals surface area contributed by atoms with Crippen molar-refractivity contribution in [3.8, 4) is 0 Å². The molecule has 0 spiro atoms. The number of carbonyl (C=O) groups excluding carboxylic acids is 1. The fraction of sp³-hybridized carbons (Fsp3) is 0.471. The van der Waals surface area contributed by atoms with Crippen LogP contribution in [0.3, 0.4) is 0 Å². The number of carbonyl (C=O) groups is 2. The summed E-state index contributed by atoms with van der Waals surface area (Å²) >= 11 is 1.59. The molecular formula is C17H21N3O3S. The summed E-state index contributed by atoms with van der Waals surface area (Å²) in [7, 11) is 0. The van der Waals surface area contributed by atoms with Gasteiger partial charge in [0.15, 0.2) is 5.54 Å². The number of rotatable bonds is 4. The summed E-state index contributed by atoms with van der Waals surface area (Å²) in [6.07, 6.45) is 4.82. The monoisotopic (exact) mass is 347 g/mol. The molecule has 1 aliphatic rings. The fourth-order valence-corrected chi connectivity index (χ4v) is 4.35. The Kier molecular flexibility index (Phi) is 4.45. The molecule has 0 saturated carbocycles. The molecule has 0 radical (unpaired) electrons. The zero-order chi connectivity index (χ0) is 17.3. The molecule has 0 aromatic carbocycles. The first kappa shape index (κ1) is 16.7. The molecule has 1 amide bonds. The Bertz CT molecular complexity index is 743. The topological polar surface area (TPSA) is 75.4 Å². The number of hydrogen-bond donors (Lipinski definition) is 1. The summed E-state index contributed by atoms with van der Waals surface area (Å²) < 4.78 is 1.52. The smallest absolute Gasteiger partial charge is 0.331 e. The van der Waals surface area contributed by atoms with Gasteiger partial charge in [0.1, 0.15) is 0 Å². The number of amides is 1. The Morgan fingerprint density at radius 2 is 2.08 bits per heavy atom. The molecule has 3 heterocycles. The minimum absolute atomic E-state index is 0.00986. The quantitative estimate of drug-likeness (QED) is 0.922. The second kappa shape index (κ2) is 6.39. The molecule has 6 nitrogen and oxygen atoms in total. The number of aromatic nitrogens is 2. The van der Waals surface area contributed by atoms with Crippen LogP contribution in [0.15, 0.2) is 23.8 Å². The van der Waals surface area contributed by atoms with Gasteiger partial charge in [0.25, 0.3) is 5.91 Å². The number of aryl methyl sites for hydroxylation is 1. The van der Waals surface area contributed by atoms with Gasteiger partial charge in [-0.1, -0.05) is 6.92 Å². The van der Waals surface area contributed by atoms with Crippen molar-refractivity contribution in [2.45, 2.75) is 38.6 Å². The van der Waals surface area contributed by atoms with Gasteiger partial charge in [-0.15, -0.1) is 11.3 Å². The van der Waals surface area contributed by atoms with E-state index in [0.717, 1.165) is 17.5 Å². The summed E-state index contributed by atoms with van der Waals surface area (Å²) in [5.74, 6) is -0.880. The van der Waals surface area contributed by atoms with Gasteiger partial charge < -0.3 is 10.0 Å². The molecule has 1 aliphatic heterocycles. The van der Waals surface area contributed by atoms with E-state index in [1.165, 1.54) is 9.56 Å². The average Bonchev–Trinajstić information content (AvgIpc) is 3.23. The molecule has 0 aliphatic carbocycles. The number of thiophene rings is 1. The molecule has 0 bridgehead atoms. The second-order valence-corrected chi connectivity index (χ2v) is 7.20. The van der Waals surface area contributed by atoms with E-state index in [2.05, 4.69) is 12.0 Å². The van der Waals surface area contributed by atoms with Crippen LogP contribution in [0.1, 0.15) is 40.6 Å². The molecule has 1 N–H and O–H groups in total. The van der Waals surface area contributed by atoms with Crippen molar-refractivity contribution >= 4 is 23.2 Å². The molecule has 7 heteroatoms. The molecule has 1 saturated heterocycles. The van der Waals surface area contributed by atoms with Crippen molar-refractivity contribution < 1.29 is 14.7 Å². The van der Waals surface area contributed by atoms with Crippen LogP contribution in [0, 0.1) is 6.92 Å². The summed E-state index contributed by atoms with van der Waals surface area (Å²) in [6.45, 7) is 4.92. The van der Waals surface area contributed by atoms with Crippen LogP contribution in [0.2, 0.25) is 0 Å². The third-order valence-electron chi connectivity index (χ3n) is 4.91. The van der Waals surface area contributed by atoms with Gasteiger partial charge >= 0.3 is 5.97 Å². The van der Waals surface area contributed by atoms with E-state index in [1.807, 2.05) is 12.3 Å². The van der Waals surface area contributed by atoms with E-state index < -0.39 is 11.5 Å². The molecule has 2 aromatic heterocycles. The van der Waals surface area contributed by atoms with Gasteiger partial charge in [-0.05, 0) is 25.0 Å². The summed E-state index contributed by atoms with van der Waals surface area (Å²) in [5, 5.41) is 15.8. The number of piperidine rings is 1. The molecule has 0 unspecified atom stereocenters. The van der Waals surface area contributed by atoms with Gasteiger partial charge in [0.05, 0.1) is 5.56 Å². The highest BCUT2D eigenvalue weighted by Gasteiger charge is 2.45. The third-order valence-corrected chi connectivity index (χ3v) is 5.86. The van der Waals surface area contributed by atoms with Crippen LogP contribution < -0.4 is 0 Å². The molecule has 128 valence electrons. The Balaban J connectivity index is 1.79. The zero-order valence-electron chi connectivity index (χ0n) is 13.9. The predicted octanol–water partition coefficient (Wildman–Crippen LogP) is 2.53. The van der Waals surface area contributed by atoms with Crippen LogP contribution in [-0.2, 0) is 16.8 Å². The number of carboxylic acids is 1. The van der Waals surface area contributed by atoms with Gasteiger partial charge in [-0.25, -0.2) is 4.79 Å². The lowest BCUT2D eigenvalue weighted by atomic mass is 9.87. The lowest BCUT2D eigenvalue weighted by molar-refractivity contribution is -0.150. The first-order valence-electron chi connectivity index (χ1n) is 8.09. The largest absolute Gasteiger partial charge is 0.479 e. The van der Waals surface area contributed by atoms with E-state index in [-0.39, 0.29) is 5.91 Å². The normalized spacial score (nSPS) is 17.0. The van der Waals surface area contributed by atoms with E-state index in [4.69, 9.17) is 0 Å². The maximum atomic E-state index is 12.8. The summed E-state index contributed by atoms with van der Waals surface area (Å²) in [5.41, 5.74) is 0.812. The second-order valence-electron chi connectivity index (χ2n) is 6.12. The minimum atomic E-state index is -1.06. The van der Waals surface area contributed by atoms with Crippen LogP contribution in [-0.4, -0.2) is 44.8 Å². The average molecular weight is 347 g/mol. The molecule has 1 fully saturated rings. The van der Waals surface area contributed by atoms with Gasteiger partial charge in [-0.3, -0.25) is 9.48 Å². The Hall–Kier alpha value is -2.15. The first-order valence-corrected chi connectivity index (χ1v) is 8.97. The lowest BCUT2D eigenvalue weighted by Crippen LogP contribution is -2.52. The molecule has 2 aromatic rings. The maximum Gasteiger partial charge on any atom is 0.331 e. The van der Waals surface area contributed by atoms with Gasteiger partial charge in [-0.2, -0.15) is 5.10 Å². The SMILES string of the molecule is CCc1c(C(=O)N2CCC(C(=O)O)(n3cccn3)CC2)csc1C. The molecule has 3 rings (SSSR count). The number of hydrogen-bond acceptors (Lipinski definition) is 4. The van der Waals surface area contributed by atoms with Gasteiger partial charge in [0, 0.05) is 48.6 Å². The predicted molar refractivity (Wildman–Crippen MR) is 91.4 cm³/mol. The number of aliphatic carboxylic acids is 1. The van der Waals surface area contributed by atoms with E-state index in [1.54, 1.807) is 34.7 Å². The number of likely N-dealkylation sites (tertiary alicyclic amines) is 1. The summed E-state index contributed by atoms with van der Waals surface area (Å²) in [6, 6.07) is 1.73. The van der Waals surface area contributed by atoms with E-state index in [9.17, 15) is 14.7 Å². The highest BCUT2D eigenvalue weighted by molar-refractivity contribution is 7.10. The van der Waals surface area contributed by atoms with Crippen molar-refractivity contribution in [1.29, 1.82) is 0 Å². The van der Waals surface area contributed by atoms with Crippen molar-refractivity contribution in [2.75, 3.05) is 13.1 Å². The maximum absolute atomic E-state index is 12.8. The van der Waals surface area contributed by atoms with Crippen LogP contribution >= 0.6 is 11.3 Å². The number of nitrogens with zero attached hydrogens (tertiary/aromatic N) is 3. The van der Waals surface area contributed by atoms with Crippen molar-refractivity contribution in [3.63, 3.8) is 0 Å². The zero-order valence-corrected chi connectivity index (χ0v) is 14.7. The van der Waals surface area contributed by atoms with Crippen LogP contribution in [0.4, 0.5) is 0 Å². The van der Waals surface area contributed by atoms with Gasteiger partial charge in [0.2, 0.25) is 0 Å². The molecular weight excluding hydrogens is 326 g/mol. The minimum Gasteiger partial charge on any atom is -0.479 e. The van der Waals surface area contributed by atoms with Crippen LogP contribution in [0.25, 0.3) is 0 Å². The first-order chi connectivity index (χ1) is 11.5. The van der Waals surface area contributed by atoms with Crippen molar-refractivity contribution in [1.82, 2.24) is 14.7 Å². The fourth-order valence-electron chi connectivity index (χ4n) is 3.41. The highest BCUT2D eigenvalue weighted by Crippen LogP contribution is 2.32. The highest BCUT2D eigenvalue weighted by atomic mass is 32.1. The van der Waals surface area contributed by atoms with Crippen LogP contribution in [0.5, 0.6) is 0 Å². The number of carboxylic acid groups (broad SMARTS) is 1. The van der Waals surface area contributed by atoms with Crippen molar-refractivity contribution in [3.05, 3.63) is 39.8 Å². The lowest BCUT2D eigenvalue weighted by Gasteiger charge is -2.39. The third kappa shape index (κ3) is 2.62. The Labute approximate surface area is 144 Å². The Morgan fingerprint density at radius 3 is 2.62 bits per heavy atom. The van der Waals surface area contributed by atoms with E-state index >= 15 is 0 Å². The molecule has 0 atom stereocenters. The Morgan fingerprint density at radius 1 is 1.38 bits per heavy atom. The van der Waals surface area contributed by atoms with Crippen molar-refractivity contribution in [2.24, 2.45) is 0 Å². The summed E-state index contributed by atoms with van der Waals surface area (Å²) in [4.78, 5) is 27.6. The standard InChI is InChI=1S/C17H21N3O3S/c1-3-13-12(2)24-11-14(13)15(21)19-9-5-17(6-10-19,16(22)23)20-8-4-7-18-20/h4,7-8,11H,3,5-6,9-10H2,1-2H3,(H,22,23). The molecule has 24 heavy (non-hydrogen) atoms. The van der Waals surface area contributed by atoms with E-state index in [0.29, 0.717) is 25.9 Å².